The minimum absolute atomic E-state index is 0.0375. The van der Waals surface area contributed by atoms with Crippen LogP contribution in [0.1, 0.15) is 79.6 Å². The Bertz CT molecular complexity index is 484. The highest BCUT2D eigenvalue weighted by atomic mass is 16.5. The van der Waals surface area contributed by atoms with Crippen LogP contribution in [0.2, 0.25) is 0 Å². The van der Waals surface area contributed by atoms with E-state index in [4.69, 9.17) is 4.74 Å². The first-order valence-electron chi connectivity index (χ1n) is 9.08. The van der Waals surface area contributed by atoms with Gasteiger partial charge in [-0.05, 0) is 63.7 Å². The second-order valence-electron chi connectivity index (χ2n) is 9.56. The lowest BCUT2D eigenvalue weighted by molar-refractivity contribution is -0.331. The van der Waals surface area contributed by atoms with Crippen molar-refractivity contribution >= 4 is 0 Å². The number of hydrogen-bond acceptors (Lipinski definition) is 2. The van der Waals surface area contributed by atoms with Crippen LogP contribution >= 0.6 is 0 Å². The molecular formula is C20H34O2. The van der Waals surface area contributed by atoms with Gasteiger partial charge in [-0.1, -0.05) is 33.3 Å². The maximum atomic E-state index is 11.9. The Balaban J connectivity index is 2.04. The lowest BCUT2D eigenvalue weighted by Crippen LogP contribution is -2.73. The van der Waals surface area contributed by atoms with Crippen molar-refractivity contribution in [1.82, 2.24) is 0 Å². The molecule has 126 valence electrons. The molecule has 3 rings (SSSR count). The predicted octanol–water partition coefficient (Wildman–Crippen LogP) is 4.86. The molecule has 0 radical (unpaired) electrons. The molecule has 0 aromatic heterocycles. The third-order valence-corrected chi connectivity index (χ3v) is 7.83. The number of fused-ring (bicyclic) bond motifs is 3. The van der Waals surface area contributed by atoms with Crippen LogP contribution in [0, 0.1) is 16.7 Å². The summed E-state index contributed by atoms with van der Waals surface area (Å²) in [4.78, 5) is 0. The molecule has 2 nitrogen and oxygen atoms in total. The summed E-state index contributed by atoms with van der Waals surface area (Å²) in [5.74, 6) is 0.587. The number of aliphatic hydroxyl groups is 1. The molecule has 2 saturated carbocycles. The first-order chi connectivity index (χ1) is 10.0. The molecule has 1 saturated heterocycles. The summed E-state index contributed by atoms with van der Waals surface area (Å²) in [7, 11) is 0. The summed E-state index contributed by atoms with van der Waals surface area (Å²) in [6.07, 6.45) is 9.37. The Morgan fingerprint density at radius 1 is 1.00 bits per heavy atom. The average molecular weight is 306 g/mol. The zero-order valence-electron chi connectivity index (χ0n) is 15.2. The van der Waals surface area contributed by atoms with Gasteiger partial charge < -0.3 is 9.84 Å². The molecule has 1 heterocycles. The van der Waals surface area contributed by atoms with Gasteiger partial charge in [-0.15, -0.1) is 6.58 Å². The molecule has 0 amide bonds. The lowest BCUT2D eigenvalue weighted by atomic mass is 9.42. The van der Waals surface area contributed by atoms with Gasteiger partial charge in [-0.2, -0.15) is 0 Å². The number of rotatable bonds is 1. The van der Waals surface area contributed by atoms with Crippen LogP contribution in [-0.2, 0) is 4.74 Å². The largest absolute Gasteiger partial charge is 0.386 e. The third-order valence-electron chi connectivity index (χ3n) is 7.83. The van der Waals surface area contributed by atoms with Crippen molar-refractivity contribution in [3.05, 3.63) is 12.7 Å². The van der Waals surface area contributed by atoms with E-state index in [1.165, 1.54) is 12.8 Å². The van der Waals surface area contributed by atoms with Gasteiger partial charge in [-0.3, -0.25) is 0 Å². The van der Waals surface area contributed by atoms with Gasteiger partial charge >= 0.3 is 0 Å². The summed E-state index contributed by atoms with van der Waals surface area (Å²) in [6, 6.07) is 0. The van der Waals surface area contributed by atoms with E-state index in [0.29, 0.717) is 11.3 Å². The van der Waals surface area contributed by atoms with Gasteiger partial charge in [-0.25, -0.2) is 0 Å². The molecular weight excluding hydrogens is 272 g/mol. The van der Waals surface area contributed by atoms with E-state index >= 15 is 0 Å². The molecule has 5 atom stereocenters. The zero-order chi connectivity index (χ0) is 16.4. The first kappa shape index (κ1) is 16.5. The fourth-order valence-corrected chi connectivity index (χ4v) is 6.38. The second kappa shape index (κ2) is 4.60. The van der Waals surface area contributed by atoms with Crippen LogP contribution in [0.4, 0.5) is 0 Å². The SMILES string of the molecule is C=CC1(C)CCC2(O)C(C)(CCC3C(C)(C)CCCC32C)O1. The van der Waals surface area contributed by atoms with E-state index in [0.717, 1.165) is 32.1 Å². The molecule has 5 unspecified atom stereocenters. The van der Waals surface area contributed by atoms with Crippen LogP contribution in [-0.4, -0.2) is 21.9 Å². The van der Waals surface area contributed by atoms with Crippen molar-refractivity contribution in [2.75, 3.05) is 0 Å². The summed E-state index contributed by atoms with van der Waals surface area (Å²) in [6.45, 7) is 15.4. The van der Waals surface area contributed by atoms with Crippen molar-refractivity contribution in [2.45, 2.75) is 96.4 Å². The van der Waals surface area contributed by atoms with Crippen molar-refractivity contribution in [1.29, 1.82) is 0 Å². The fraction of sp³-hybridized carbons (Fsp3) is 0.900. The van der Waals surface area contributed by atoms with Gasteiger partial charge in [0.1, 0.15) is 0 Å². The standard InChI is InChI=1S/C20H34O2/c1-7-17(4)13-14-20(21)18(5)11-8-10-16(2,3)15(18)9-12-19(20,6)22-17/h7,15,21H,1,8-14H2,2-6H3. The van der Waals surface area contributed by atoms with Gasteiger partial charge in [0.2, 0.25) is 0 Å². The predicted molar refractivity (Wildman–Crippen MR) is 90.7 cm³/mol. The summed E-state index contributed by atoms with van der Waals surface area (Å²) in [5, 5.41) is 11.9. The fourth-order valence-electron chi connectivity index (χ4n) is 6.38. The Morgan fingerprint density at radius 3 is 2.32 bits per heavy atom. The maximum absolute atomic E-state index is 11.9. The van der Waals surface area contributed by atoms with E-state index in [-0.39, 0.29) is 11.0 Å². The van der Waals surface area contributed by atoms with Crippen LogP contribution in [0.15, 0.2) is 12.7 Å². The Labute approximate surface area is 136 Å². The van der Waals surface area contributed by atoms with E-state index < -0.39 is 11.2 Å². The van der Waals surface area contributed by atoms with Crippen LogP contribution in [0.3, 0.4) is 0 Å². The molecule has 22 heavy (non-hydrogen) atoms. The Morgan fingerprint density at radius 2 is 1.68 bits per heavy atom. The quantitative estimate of drug-likeness (QED) is 0.701. The Kier molecular flexibility index (Phi) is 3.45. The van der Waals surface area contributed by atoms with Gasteiger partial charge in [0.25, 0.3) is 0 Å². The van der Waals surface area contributed by atoms with E-state index in [9.17, 15) is 5.11 Å². The Hall–Kier alpha value is -0.340. The molecule has 3 aliphatic rings. The summed E-state index contributed by atoms with van der Waals surface area (Å²) < 4.78 is 6.53. The van der Waals surface area contributed by atoms with E-state index in [1.54, 1.807) is 0 Å². The molecule has 0 aromatic rings. The van der Waals surface area contributed by atoms with Crippen molar-refractivity contribution < 1.29 is 9.84 Å². The molecule has 1 aliphatic heterocycles. The summed E-state index contributed by atoms with van der Waals surface area (Å²) in [5.41, 5.74) is -1.18. The molecule has 1 N–H and O–H groups in total. The molecule has 0 spiro atoms. The van der Waals surface area contributed by atoms with Gasteiger partial charge in [0.15, 0.2) is 0 Å². The minimum Gasteiger partial charge on any atom is -0.386 e. The molecule has 2 heteroatoms. The maximum Gasteiger partial charge on any atom is 0.0990 e. The summed E-state index contributed by atoms with van der Waals surface area (Å²) >= 11 is 0. The average Bonchev–Trinajstić information content (AvgIpc) is 2.41. The smallest absolute Gasteiger partial charge is 0.0990 e. The highest BCUT2D eigenvalue weighted by Gasteiger charge is 2.69. The minimum atomic E-state index is -0.719. The normalized spacial score (nSPS) is 54.2. The third kappa shape index (κ3) is 1.92. The molecule has 0 bridgehead atoms. The van der Waals surface area contributed by atoms with Crippen molar-refractivity contribution in [3.63, 3.8) is 0 Å². The second-order valence-corrected chi connectivity index (χ2v) is 9.56. The monoisotopic (exact) mass is 306 g/mol. The lowest BCUT2D eigenvalue weighted by Gasteiger charge is -2.69. The molecule has 0 aromatic carbocycles. The van der Waals surface area contributed by atoms with Gasteiger partial charge in [0, 0.05) is 5.41 Å². The van der Waals surface area contributed by atoms with Crippen LogP contribution in [0.5, 0.6) is 0 Å². The number of ether oxygens (including phenoxy) is 1. The van der Waals surface area contributed by atoms with Crippen molar-refractivity contribution in [3.8, 4) is 0 Å². The van der Waals surface area contributed by atoms with E-state index in [2.05, 4.69) is 41.2 Å². The zero-order valence-corrected chi connectivity index (χ0v) is 15.2. The topological polar surface area (TPSA) is 29.5 Å². The first-order valence-corrected chi connectivity index (χ1v) is 9.08. The number of hydrogen-bond donors (Lipinski definition) is 1. The highest BCUT2D eigenvalue weighted by molar-refractivity contribution is 5.20. The highest BCUT2D eigenvalue weighted by Crippen LogP contribution is 2.67. The van der Waals surface area contributed by atoms with Crippen LogP contribution in [0.25, 0.3) is 0 Å². The van der Waals surface area contributed by atoms with Crippen molar-refractivity contribution in [2.24, 2.45) is 16.7 Å². The molecule has 3 fully saturated rings. The van der Waals surface area contributed by atoms with Crippen LogP contribution < -0.4 is 0 Å². The van der Waals surface area contributed by atoms with E-state index in [1.807, 2.05) is 6.08 Å². The van der Waals surface area contributed by atoms with Gasteiger partial charge in [0.05, 0.1) is 16.8 Å². The molecule has 2 aliphatic carbocycles.